The highest BCUT2D eigenvalue weighted by Crippen LogP contribution is 2.19. The van der Waals surface area contributed by atoms with Gasteiger partial charge in [-0.25, -0.2) is 4.79 Å². The molecule has 0 aromatic carbocycles. The summed E-state index contributed by atoms with van der Waals surface area (Å²) < 4.78 is 0. The number of aliphatic imine (C=N–C) groups is 2. The largest absolute Gasteiger partial charge is 0.368 e. The highest BCUT2D eigenvalue weighted by atomic mass is 32.1. The second-order valence-corrected chi connectivity index (χ2v) is 4.79. The molecule has 2 amide bonds. The zero-order valence-electron chi connectivity index (χ0n) is 8.08. The van der Waals surface area contributed by atoms with Crippen LogP contribution in [0.5, 0.6) is 0 Å². The Morgan fingerprint density at radius 2 is 1.38 bits per heavy atom. The zero-order chi connectivity index (χ0) is 11.0. The summed E-state index contributed by atoms with van der Waals surface area (Å²) in [6.07, 6.45) is 0. The average molecular weight is 246 g/mol. The maximum absolute atomic E-state index is 11.3. The summed E-state index contributed by atoms with van der Waals surface area (Å²) in [5.74, 6) is 0. The van der Waals surface area contributed by atoms with Crippen LogP contribution in [0, 0.1) is 0 Å². The van der Waals surface area contributed by atoms with E-state index in [-0.39, 0.29) is 0 Å². The van der Waals surface area contributed by atoms with Crippen molar-refractivity contribution in [3.05, 3.63) is 44.8 Å². The van der Waals surface area contributed by atoms with Gasteiger partial charge in [0.05, 0.1) is 0 Å². The molecule has 0 unspecified atom stereocenters. The third-order valence-electron chi connectivity index (χ3n) is 2.23. The van der Waals surface area contributed by atoms with Crippen molar-refractivity contribution in [1.29, 1.82) is 0 Å². The summed E-state index contributed by atoms with van der Waals surface area (Å²) in [6, 6.07) is 3.48. The summed E-state index contributed by atoms with van der Waals surface area (Å²) in [5, 5.41) is 7.87. The van der Waals surface area contributed by atoms with Gasteiger partial charge in [0.1, 0.15) is 11.4 Å². The first-order valence-electron chi connectivity index (χ1n) is 4.61. The Bertz CT molecular complexity index is 527. The highest BCUT2D eigenvalue weighted by Gasteiger charge is 2.22. The summed E-state index contributed by atoms with van der Waals surface area (Å²) in [6.45, 7) is 0. The number of nitrogens with zero attached hydrogens (tertiary/aromatic N) is 2. The third-order valence-corrected chi connectivity index (χ3v) is 3.59. The molecular formula is C11H6N2OS2. The number of thiophene rings is 2. The maximum Gasteiger partial charge on any atom is 0.368 e. The van der Waals surface area contributed by atoms with E-state index in [1.165, 1.54) is 0 Å². The lowest BCUT2D eigenvalue weighted by Crippen LogP contribution is -2.12. The quantitative estimate of drug-likeness (QED) is 0.802. The molecule has 0 N–H and O–H groups in total. The van der Waals surface area contributed by atoms with Gasteiger partial charge in [-0.3, -0.25) is 0 Å². The van der Waals surface area contributed by atoms with Crippen LogP contribution in [0.15, 0.2) is 43.6 Å². The average Bonchev–Trinajstić information content (AvgIpc) is 2.98. The molecule has 0 fully saturated rings. The van der Waals surface area contributed by atoms with Crippen molar-refractivity contribution in [3.8, 4) is 0 Å². The third kappa shape index (κ3) is 1.54. The smallest absolute Gasteiger partial charge is 0.244 e. The van der Waals surface area contributed by atoms with Gasteiger partial charge < -0.3 is 0 Å². The van der Waals surface area contributed by atoms with Crippen molar-refractivity contribution in [2.45, 2.75) is 0 Å². The fraction of sp³-hybridized carbons (Fsp3) is 0. The maximum atomic E-state index is 11.3. The molecule has 1 aliphatic rings. The lowest BCUT2D eigenvalue weighted by molar-refractivity contribution is 0.257. The molecule has 3 nitrogen and oxygen atoms in total. The van der Waals surface area contributed by atoms with Crippen molar-refractivity contribution in [2.24, 2.45) is 9.98 Å². The van der Waals surface area contributed by atoms with Gasteiger partial charge in [0, 0.05) is 21.9 Å². The van der Waals surface area contributed by atoms with Crippen molar-refractivity contribution in [3.63, 3.8) is 0 Å². The van der Waals surface area contributed by atoms with E-state index >= 15 is 0 Å². The van der Waals surface area contributed by atoms with Gasteiger partial charge in [-0.05, 0) is 22.9 Å². The van der Waals surface area contributed by atoms with E-state index in [4.69, 9.17) is 0 Å². The first-order chi connectivity index (χ1) is 7.84. The molecule has 5 heteroatoms. The molecule has 0 spiro atoms. The lowest BCUT2D eigenvalue weighted by Gasteiger charge is -1.99. The molecule has 3 heterocycles. The van der Waals surface area contributed by atoms with Gasteiger partial charge in [0.2, 0.25) is 0 Å². The molecule has 0 saturated heterocycles. The first kappa shape index (κ1) is 9.62. The Morgan fingerprint density at radius 3 is 1.75 bits per heavy atom. The Labute approximate surface area is 99.8 Å². The SMILES string of the molecule is O=C1N=C(c2ccsc2)C(c2ccsc2)=N1. The van der Waals surface area contributed by atoms with E-state index in [9.17, 15) is 4.79 Å². The van der Waals surface area contributed by atoms with E-state index < -0.39 is 6.03 Å². The van der Waals surface area contributed by atoms with Gasteiger partial charge in [0.15, 0.2) is 0 Å². The minimum Gasteiger partial charge on any atom is -0.244 e. The molecule has 2 aromatic heterocycles. The molecule has 0 bridgehead atoms. The number of hydrogen-bond donors (Lipinski definition) is 0. The van der Waals surface area contributed by atoms with E-state index in [0.717, 1.165) is 11.1 Å². The van der Waals surface area contributed by atoms with Crippen LogP contribution in [0.4, 0.5) is 4.79 Å². The number of hydrogen-bond acceptors (Lipinski definition) is 3. The van der Waals surface area contributed by atoms with E-state index in [2.05, 4.69) is 9.98 Å². The van der Waals surface area contributed by atoms with Gasteiger partial charge in [-0.2, -0.15) is 32.7 Å². The number of urea groups is 1. The fourth-order valence-corrected chi connectivity index (χ4v) is 2.80. The van der Waals surface area contributed by atoms with Crippen molar-refractivity contribution < 1.29 is 4.79 Å². The van der Waals surface area contributed by atoms with Crippen LogP contribution in [0.1, 0.15) is 11.1 Å². The highest BCUT2D eigenvalue weighted by molar-refractivity contribution is 7.08. The molecule has 78 valence electrons. The molecule has 3 rings (SSSR count). The van der Waals surface area contributed by atoms with Crippen LogP contribution >= 0.6 is 22.7 Å². The predicted molar refractivity (Wildman–Crippen MR) is 67.1 cm³/mol. The number of rotatable bonds is 2. The number of carbonyl (C=O) groups is 1. The van der Waals surface area contributed by atoms with Gasteiger partial charge in [0.25, 0.3) is 0 Å². The molecule has 0 aliphatic carbocycles. The topological polar surface area (TPSA) is 41.8 Å². The first-order valence-corrected chi connectivity index (χ1v) is 6.50. The minimum atomic E-state index is -0.414. The molecular weight excluding hydrogens is 240 g/mol. The van der Waals surface area contributed by atoms with Crippen LogP contribution in [0.2, 0.25) is 0 Å². The van der Waals surface area contributed by atoms with Gasteiger partial charge >= 0.3 is 6.03 Å². The van der Waals surface area contributed by atoms with Gasteiger partial charge in [-0.1, -0.05) is 0 Å². The number of amides is 2. The zero-order valence-corrected chi connectivity index (χ0v) is 9.72. The standard InChI is InChI=1S/C11H6N2OS2/c14-11-12-9(7-1-3-15-5-7)10(13-11)8-2-4-16-6-8/h1-6H. The van der Waals surface area contributed by atoms with Crippen LogP contribution in [-0.4, -0.2) is 17.5 Å². The van der Waals surface area contributed by atoms with Crippen LogP contribution in [-0.2, 0) is 0 Å². The van der Waals surface area contributed by atoms with E-state index in [0.29, 0.717) is 11.4 Å². The molecule has 1 aliphatic heterocycles. The summed E-state index contributed by atoms with van der Waals surface area (Å²) >= 11 is 3.16. The molecule has 0 radical (unpaired) electrons. The van der Waals surface area contributed by atoms with Crippen LogP contribution in [0.25, 0.3) is 0 Å². The normalized spacial score (nSPS) is 15.1. The molecule has 0 saturated carbocycles. The van der Waals surface area contributed by atoms with Crippen molar-refractivity contribution in [1.82, 2.24) is 0 Å². The molecule has 16 heavy (non-hydrogen) atoms. The lowest BCUT2D eigenvalue weighted by atomic mass is 10.1. The molecule has 0 atom stereocenters. The fourth-order valence-electron chi connectivity index (χ4n) is 1.52. The van der Waals surface area contributed by atoms with E-state index in [1.54, 1.807) is 22.7 Å². The summed E-state index contributed by atoms with van der Waals surface area (Å²) in [4.78, 5) is 19.2. The molecule has 2 aromatic rings. The minimum absolute atomic E-state index is 0.414. The van der Waals surface area contributed by atoms with Crippen molar-refractivity contribution in [2.75, 3.05) is 0 Å². The van der Waals surface area contributed by atoms with Crippen LogP contribution < -0.4 is 0 Å². The monoisotopic (exact) mass is 246 g/mol. The Balaban J connectivity index is 2.10. The second kappa shape index (κ2) is 3.77. The van der Waals surface area contributed by atoms with E-state index in [1.807, 2.05) is 33.7 Å². The predicted octanol–water partition coefficient (Wildman–Crippen LogP) is 3.22. The number of carbonyl (C=O) groups excluding carboxylic acids is 1. The summed E-state index contributed by atoms with van der Waals surface area (Å²) in [5.41, 5.74) is 3.29. The Morgan fingerprint density at radius 1 is 0.875 bits per heavy atom. The Hall–Kier alpha value is -1.59. The Kier molecular flexibility index (Phi) is 2.27. The van der Waals surface area contributed by atoms with Crippen LogP contribution in [0.3, 0.4) is 0 Å². The second-order valence-electron chi connectivity index (χ2n) is 3.23. The summed E-state index contributed by atoms with van der Waals surface area (Å²) in [7, 11) is 0. The van der Waals surface area contributed by atoms with Gasteiger partial charge in [-0.15, -0.1) is 0 Å². The van der Waals surface area contributed by atoms with Crippen molar-refractivity contribution >= 4 is 40.1 Å².